The highest BCUT2D eigenvalue weighted by Crippen LogP contribution is 2.67. The molecule has 0 amide bonds. The fraction of sp³-hybridized carbons (Fsp3) is 0.750. The van der Waals surface area contributed by atoms with E-state index in [1.165, 1.54) is 63.4 Å². The number of esters is 1. The lowest BCUT2D eigenvalue weighted by atomic mass is 9.47. The molecule has 4 aliphatic carbocycles. The molecule has 0 spiro atoms. The number of ether oxygens (including phenoxy) is 1. The van der Waals surface area contributed by atoms with Crippen molar-refractivity contribution in [3.8, 4) is 0 Å². The van der Waals surface area contributed by atoms with Crippen LogP contribution in [0.5, 0.6) is 0 Å². The van der Waals surface area contributed by atoms with E-state index in [4.69, 9.17) is 4.74 Å². The molecule has 2 heteroatoms. The van der Waals surface area contributed by atoms with Crippen molar-refractivity contribution in [2.75, 3.05) is 0 Å². The van der Waals surface area contributed by atoms with E-state index in [0.29, 0.717) is 17.3 Å². The number of fused-ring (bicyclic) bond motifs is 5. The second kappa shape index (κ2) is 11.5. The number of allylic oxidation sites excluding steroid dienone is 1. The number of hydrogen-bond acceptors (Lipinski definition) is 2. The molecule has 0 aliphatic heterocycles. The number of aryl methyl sites for hydroxylation is 1. The topological polar surface area (TPSA) is 26.3 Å². The van der Waals surface area contributed by atoms with Gasteiger partial charge in [0.2, 0.25) is 0 Å². The summed E-state index contributed by atoms with van der Waals surface area (Å²) in [5.41, 5.74) is 3.69. The largest absolute Gasteiger partial charge is 0.462 e. The molecule has 0 saturated heterocycles. The standard InChI is InChI=1S/C36H54O2/c1-25(2)10-9-11-26(3)31-17-18-32-30-16-15-28-24-29(38-34(37)19-14-27-12-7-6-8-13-27)20-22-35(28,4)33(30)21-23-36(31,32)5/h6-8,12-13,15,25-26,29-33H,9-11,14,16-24H2,1-5H3/t26?,29?,30?,31?,32?,33?,35-,36+/m0/s1. The van der Waals surface area contributed by atoms with Gasteiger partial charge in [-0.25, -0.2) is 0 Å². The molecule has 1 aromatic rings. The number of carbonyl (C=O) groups excluding carboxylic acids is 1. The predicted molar refractivity (Wildman–Crippen MR) is 158 cm³/mol. The van der Waals surface area contributed by atoms with Crippen LogP contribution < -0.4 is 0 Å². The number of benzene rings is 1. The third kappa shape index (κ3) is 5.53. The van der Waals surface area contributed by atoms with Gasteiger partial charge in [0.15, 0.2) is 0 Å². The predicted octanol–water partition coefficient (Wildman–Crippen LogP) is 9.57. The molecule has 8 atom stereocenters. The van der Waals surface area contributed by atoms with Gasteiger partial charge in [-0.2, -0.15) is 0 Å². The fourth-order valence-corrected chi connectivity index (χ4v) is 9.89. The summed E-state index contributed by atoms with van der Waals surface area (Å²) in [7, 11) is 0. The third-order valence-electron chi connectivity index (χ3n) is 12.0. The molecule has 3 fully saturated rings. The SMILES string of the molecule is CC(C)CCCC(C)C1CCC2C3CC=C4CC(OC(=O)CCc5ccccc5)CC[C@]4(C)C3CC[C@]12C. The molecule has 3 saturated carbocycles. The minimum Gasteiger partial charge on any atom is -0.462 e. The van der Waals surface area contributed by atoms with Crippen LogP contribution >= 0.6 is 0 Å². The Morgan fingerprint density at radius 1 is 0.974 bits per heavy atom. The Labute approximate surface area is 233 Å². The van der Waals surface area contributed by atoms with Crippen molar-refractivity contribution in [3.05, 3.63) is 47.5 Å². The fourth-order valence-electron chi connectivity index (χ4n) is 9.89. The van der Waals surface area contributed by atoms with Gasteiger partial charge < -0.3 is 4.74 Å². The van der Waals surface area contributed by atoms with Crippen molar-refractivity contribution in [2.45, 2.75) is 124 Å². The van der Waals surface area contributed by atoms with Crippen LogP contribution in [0.3, 0.4) is 0 Å². The molecule has 4 aliphatic rings. The van der Waals surface area contributed by atoms with Crippen LogP contribution in [0.1, 0.15) is 117 Å². The Morgan fingerprint density at radius 3 is 2.53 bits per heavy atom. The van der Waals surface area contributed by atoms with Gasteiger partial charge >= 0.3 is 5.97 Å². The molecular weight excluding hydrogens is 464 g/mol. The first-order chi connectivity index (χ1) is 18.2. The monoisotopic (exact) mass is 518 g/mol. The second-order valence-electron chi connectivity index (χ2n) is 14.6. The quantitative estimate of drug-likeness (QED) is 0.240. The molecule has 2 nitrogen and oxygen atoms in total. The first-order valence-corrected chi connectivity index (χ1v) is 16.1. The minimum absolute atomic E-state index is 0.0234. The summed E-state index contributed by atoms with van der Waals surface area (Å²) in [6.07, 6.45) is 18.4. The summed E-state index contributed by atoms with van der Waals surface area (Å²) >= 11 is 0. The Morgan fingerprint density at radius 2 is 1.76 bits per heavy atom. The van der Waals surface area contributed by atoms with Crippen LogP contribution in [0, 0.1) is 46.3 Å². The van der Waals surface area contributed by atoms with Crippen molar-refractivity contribution in [2.24, 2.45) is 46.3 Å². The highest BCUT2D eigenvalue weighted by atomic mass is 16.5. The van der Waals surface area contributed by atoms with Gasteiger partial charge in [-0.1, -0.05) is 95.9 Å². The summed E-state index contributed by atoms with van der Waals surface area (Å²) < 4.78 is 6.04. The lowest BCUT2D eigenvalue weighted by Gasteiger charge is -2.58. The molecule has 0 radical (unpaired) electrons. The summed E-state index contributed by atoms with van der Waals surface area (Å²) in [4.78, 5) is 12.7. The van der Waals surface area contributed by atoms with Crippen LogP contribution in [0.25, 0.3) is 0 Å². The third-order valence-corrected chi connectivity index (χ3v) is 12.0. The van der Waals surface area contributed by atoms with Crippen LogP contribution in [0.2, 0.25) is 0 Å². The molecule has 0 bridgehead atoms. The summed E-state index contributed by atoms with van der Waals surface area (Å²) in [5, 5.41) is 0. The highest BCUT2D eigenvalue weighted by molar-refractivity contribution is 5.70. The molecule has 0 N–H and O–H groups in total. The Hall–Kier alpha value is -1.57. The van der Waals surface area contributed by atoms with Crippen molar-refractivity contribution in [1.29, 1.82) is 0 Å². The normalized spacial score (nSPS) is 37.1. The van der Waals surface area contributed by atoms with Gasteiger partial charge in [-0.05, 0) is 103 Å². The van der Waals surface area contributed by atoms with E-state index in [0.717, 1.165) is 54.8 Å². The van der Waals surface area contributed by atoms with E-state index in [-0.39, 0.29) is 12.1 Å². The summed E-state index contributed by atoms with van der Waals surface area (Å²) in [6.45, 7) is 12.6. The molecule has 5 rings (SSSR count). The van der Waals surface area contributed by atoms with E-state index in [1.54, 1.807) is 5.57 Å². The van der Waals surface area contributed by atoms with Gasteiger partial charge in [-0.15, -0.1) is 0 Å². The number of carbonyl (C=O) groups is 1. The zero-order valence-electron chi connectivity index (χ0n) is 25.0. The van der Waals surface area contributed by atoms with E-state index >= 15 is 0 Å². The average Bonchev–Trinajstić information content (AvgIpc) is 3.25. The van der Waals surface area contributed by atoms with Gasteiger partial charge in [0.25, 0.3) is 0 Å². The van der Waals surface area contributed by atoms with Gasteiger partial charge in [0.1, 0.15) is 6.10 Å². The lowest BCUT2D eigenvalue weighted by molar-refractivity contribution is -0.151. The minimum atomic E-state index is -0.0234. The maximum Gasteiger partial charge on any atom is 0.306 e. The molecule has 1 aromatic carbocycles. The number of hydrogen-bond donors (Lipinski definition) is 0. The smallest absolute Gasteiger partial charge is 0.306 e. The Balaban J connectivity index is 1.19. The first-order valence-electron chi connectivity index (χ1n) is 16.1. The summed E-state index contributed by atoms with van der Waals surface area (Å²) in [6, 6.07) is 10.3. The molecule has 38 heavy (non-hydrogen) atoms. The second-order valence-corrected chi connectivity index (χ2v) is 14.6. The molecule has 0 aromatic heterocycles. The average molecular weight is 519 g/mol. The van der Waals surface area contributed by atoms with Crippen molar-refractivity contribution in [3.63, 3.8) is 0 Å². The first kappa shape index (κ1) is 28.0. The number of rotatable bonds is 9. The molecule has 6 unspecified atom stereocenters. The van der Waals surface area contributed by atoms with Crippen LogP contribution in [-0.4, -0.2) is 12.1 Å². The van der Waals surface area contributed by atoms with Crippen molar-refractivity contribution >= 4 is 5.97 Å². The summed E-state index contributed by atoms with van der Waals surface area (Å²) in [5.74, 6) is 5.20. The Kier molecular flexibility index (Phi) is 8.47. The van der Waals surface area contributed by atoms with Crippen molar-refractivity contribution in [1.82, 2.24) is 0 Å². The molecule has 0 heterocycles. The van der Waals surface area contributed by atoms with Crippen LogP contribution in [-0.2, 0) is 16.0 Å². The van der Waals surface area contributed by atoms with Crippen molar-refractivity contribution < 1.29 is 9.53 Å². The maximum absolute atomic E-state index is 12.7. The van der Waals surface area contributed by atoms with Gasteiger partial charge in [0, 0.05) is 12.8 Å². The van der Waals surface area contributed by atoms with Gasteiger partial charge in [0.05, 0.1) is 0 Å². The van der Waals surface area contributed by atoms with E-state index in [1.807, 2.05) is 18.2 Å². The van der Waals surface area contributed by atoms with Crippen LogP contribution in [0.15, 0.2) is 42.0 Å². The lowest BCUT2D eigenvalue weighted by Crippen LogP contribution is -2.51. The van der Waals surface area contributed by atoms with E-state index < -0.39 is 0 Å². The highest BCUT2D eigenvalue weighted by Gasteiger charge is 2.59. The molecular formula is C36H54O2. The Bertz CT molecular complexity index is 978. The molecule has 210 valence electrons. The zero-order chi connectivity index (χ0) is 26.9. The van der Waals surface area contributed by atoms with E-state index in [9.17, 15) is 4.79 Å². The zero-order valence-corrected chi connectivity index (χ0v) is 25.0. The van der Waals surface area contributed by atoms with Crippen LogP contribution in [0.4, 0.5) is 0 Å². The maximum atomic E-state index is 12.7. The van der Waals surface area contributed by atoms with E-state index in [2.05, 4.69) is 52.8 Å². The van der Waals surface area contributed by atoms with Gasteiger partial charge in [-0.3, -0.25) is 4.79 Å².